The first kappa shape index (κ1) is 19.5. The topological polar surface area (TPSA) is 75.6 Å². The molecule has 2 aromatic rings. The molecule has 1 unspecified atom stereocenters. The first-order valence-corrected chi connectivity index (χ1v) is 8.67. The molecule has 1 atom stereocenters. The maximum Gasteiger partial charge on any atom is 0.341 e. The molecule has 0 radical (unpaired) electrons. The van der Waals surface area contributed by atoms with Crippen molar-refractivity contribution >= 4 is 17.6 Å². The fourth-order valence-corrected chi connectivity index (χ4v) is 2.74. The molecule has 0 heterocycles. The molecule has 0 aliphatic heterocycles. The minimum absolute atomic E-state index is 0.0221. The number of hydrogen-bond acceptors (Lipinski definition) is 3. The summed E-state index contributed by atoms with van der Waals surface area (Å²) < 4.78 is 5.16. The molecular formula is C21H25NO4. The third kappa shape index (κ3) is 5.62. The molecule has 5 heteroatoms. The predicted molar refractivity (Wildman–Crippen MR) is 101 cm³/mol. The molecule has 26 heavy (non-hydrogen) atoms. The fourth-order valence-electron chi connectivity index (χ4n) is 2.74. The van der Waals surface area contributed by atoms with Gasteiger partial charge in [0.2, 0.25) is 5.91 Å². The van der Waals surface area contributed by atoms with Gasteiger partial charge in [0.05, 0.1) is 0 Å². The van der Waals surface area contributed by atoms with Crippen LogP contribution < -0.4 is 10.1 Å². The molecule has 138 valence electrons. The molecule has 0 aromatic heterocycles. The minimum atomic E-state index is -1.03. The van der Waals surface area contributed by atoms with Crippen LogP contribution in [0.2, 0.25) is 0 Å². The maximum absolute atomic E-state index is 12.8. The number of hydrogen-bond donors (Lipinski definition) is 2. The first-order valence-electron chi connectivity index (χ1n) is 8.67. The van der Waals surface area contributed by atoms with Gasteiger partial charge in [-0.2, -0.15) is 0 Å². The molecule has 2 rings (SSSR count). The number of amides is 1. The molecule has 0 aliphatic rings. The van der Waals surface area contributed by atoms with Crippen molar-refractivity contribution in [2.45, 2.75) is 27.2 Å². The monoisotopic (exact) mass is 355 g/mol. The van der Waals surface area contributed by atoms with E-state index in [1.807, 2.05) is 51.1 Å². The van der Waals surface area contributed by atoms with Crippen LogP contribution in [-0.2, 0) is 16.0 Å². The van der Waals surface area contributed by atoms with Crippen LogP contribution in [0.5, 0.6) is 5.75 Å². The van der Waals surface area contributed by atoms with Gasteiger partial charge < -0.3 is 15.2 Å². The van der Waals surface area contributed by atoms with E-state index in [2.05, 4.69) is 5.32 Å². The Morgan fingerprint density at radius 1 is 1.12 bits per heavy atom. The third-order valence-corrected chi connectivity index (χ3v) is 4.26. The molecule has 0 spiro atoms. The number of carboxylic acid groups (broad SMARTS) is 1. The van der Waals surface area contributed by atoms with E-state index in [4.69, 9.17) is 9.84 Å². The number of carboxylic acids is 1. The highest BCUT2D eigenvalue weighted by molar-refractivity contribution is 5.93. The lowest BCUT2D eigenvalue weighted by Crippen LogP contribution is -2.29. The Balaban J connectivity index is 2.07. The van der Waals surface area contributed by atoms with Gasteiger partial charge in [0.15, 0.2) is 6.61 Å². The van der Waals surface area contributed by atoms with Crippen LogP contribution in [-0.4, -0.2) is 23.6 Å². The second-order valence-corrected chi connectivity index (χ2v) is 6.69. The number of benzene rings is 2. The van der Waals surface area contributed by atoms with Crippen molar-refractivity contribution in [2.75, 3.05) is 11.9 Å². The molecule has 0 aliphatic carbocycles. The Labute approximate surface area is 154 Å². The number of carbonyl (C=O) groups excluding carboxylic acids is 1. The van der Waals surface area contributed by atoms with Crippen molar-refractivity contribution in [1.82, 2.24) is 0 Å². The molecular weight excluding hydrogens is 330 g/mol. The lowest BCUT2D eigenvalue weighted by atomic mass is 9.88. The number of aryl methyl sites for hydroxylation is 1. The van der Waals surface area contributed by atoms with Crippen molar-refractivity contribution in [2.24, 2.45) is 11.8 Å². The van der Waals surface area contributed by atoms with Crippen LogP contribution in [0.25, 0.3) is 0 Å². The van der Waals surface area contributed by atoms with Gasteiger partial charge in [-0.15, -0.1) is 0 Å². The zero-order valence-electron chi connectivity index (χ0n) is 15.4. The molecule has 5 nitrogen and oxygen atoms in total. The summed E-state index contributed by atoms with van der Waals surface area (Å²) in [7, 11) is 0. The summed E-state index contributed by atoms with van der Waals surface area (Å²) >= 11 is 0. The highest BCUT2D eigenvalue weighted by Crippen LogP contribution is 2.24. The Kier molecular flexibility index (Phi) is 6.78. The summed E-state index contributed by atoms with van der Waals surface area (Å²) in [6.45, 7) is 5.55. The third-order valence-electron chi connectivity index (χ3n) is 4.26. The predicted octanol–water partition coefficient (Wildman–Crippen LogP) is 3.91. The number of nitrogens with one attached hydrogen (secondary N) is 1. The zero-order chi connectivity index (χ0) is 19.1. The molecule has 0 saturated heterocycles. The number of anilines is 1. The first-order chi connectivity index (χ1) is 12.4. The normalized spacial score (nSPS) is 11.8. The van der Waals surface area contributed by atoms with Crippen molar-refractivity contribution in [1.29, 1.82) is 0 Å². The van der Waals surface area contributed by atoms with E-state index in [1.54, 1.807) is 18.2 Å². The van der Waals surface area contributed by atoms with E-state index in [0.29, 0.717) is 17.9 Å². The lowest BCUT2D eigenvalue weighted by Gasteiger charge is -2.21. The molecule has 2 N–H and O–H groups in total. The summed E-state index contributed by atoms with van der Waals surface area (Å²) in [5.74, 6) is -0.520. The van der Waals surface area contributed by atoms with Crippen molar-refractivity contribution in [3.63, 3.8) is 0 Å². The van der Waals surface area contributed by atoms with Gasteiger partial charge in [-0.1, -0.05) is 44.2 Å². The average Bonchev–Trinajstić information content (AvgIpc) is 2.60. The van der Waals surface area contributed by atoms with Gasteiger partial charge in [0, 0.05) is 11.6 Å². The van der Waals surface area contributed by atoms with Crippen LogP contribution >= 0.6 is 0 Å². The van der Waals surface area contributed by atoms with E-state index in [9.17, 15) is 9.59 Å². The standard InChI is InChI=1S/C21H25NO4/c1-14(2)18(12-16-7-5-4-6-8-16)21(25)22-19-10-9-17(11-15(19)3)26-13-20(23)24/h4-11,14,18H,12-13H2,1-3H3,(H,22,25)(H,23,24). The molecule has 0 fully saturated rings. The Hall–Kier alpha value is -2.82. The number of rotatable bonds is 8. The summed E-state index contributed by atoms with van der Waals surface area (Å²) in [5.41, 5.74) is 2.66. The number of ether oxygens (including phenoxy) is 1. The lowest BCUT2D eigenvalue weighted by molar-refractivity contribution is -0.139. The van der Waals surface area contributed by atoms with E-state index in [0.717, 1.165) is 11.1 Å². The van der Waals surface area contributed by atoms with Gasteiger partial charge in [0.1, 0.15) is 5.75 Å². The molecule has 0 bridgehead atoms. The smallest absolute Gasteiger partial charge is 0.341 e. The van der Waals surface area contributed by atoms with E-state index in [-0.39, 0.29) is 17.7 Å². The SMILES string of the molecule is Cc1cc(OCC(=O)O)ccc1NC(=O)C(Cc1ccccc1)C(C)C. The maximum atomic E-state index is 12.8. The van der Waals surface area contributed by atoms with Crippen molar-refractivity contribution in [3.05, 3.63) is 59.7 Å². The summed E-state index contributed by atoms with van der Waals surface area (Å²) in [5, 5.41) is 11.7. The van der Waals surface area contributed by atoms with Crippen molar-refractivity contribution in [3.8, 4) is 5.75 Å². The Bertz CT molecular complexity index is 756. The minimum Gasteiger partial charge on any atom is -0.482 e. The zero-order valence-corrected chi connectivity index (χ0v) is 15.4. The van der Waals surface area contributed by atoms with Gasteiger partial charge in [-0.25, -0.2) is 4.79 Å². The fraction of sp³-hybridized carbons (Fsp3) is 0.333. The van der Waals surface area contributed by atoms with Crippen LogP contribution in [0.1, 0.15) is 25.0 Å². The van der Waals surface area contributed by atoms with Gasteiger partial charge in [-0.05, 0) is 48.6 Å². The van der Waals surface area contributed by atoms with E-state index in [1.165, 1.54) is 0 Å². The molecule has 2 aromatic carbocycles. The summed E-state index contributed by atoms with van der Waals surface area (Å²) in [6.07, 6.45) is 0.684. The van der Waals surface area contributed by atoms with Crippen LogP contribution in [0.4, 0.5) is 5.69 Å². The highest BCUT2D eigenvalue weighted by Gasteiger charge is 2.23. The quantitative estimate of drug-likeness (QED) is 0.753. The van der Waals surface area contributed by atoms with E-state index >= 15 is 0 Å². The van der Waals surface area contributed by atoms with Crippen molar-refractivity contribution < 1.29 is 19.4 Å². The highest BCUT2D eigenvalue weighted by atomic mass is 16.5. The Morgan fingerprint density at radius 2 is 1.81 bits per heavy atom. The second-order valence-electron chi connectivity index (χ2n) is 6.69. The molecule has 0 saturated carbocycles. The second kappa shape index (κ2) is 9.04. The number of aliphatic carboxylic acids is 1. The average molecular weight is 355 g/mol. The van der Waals surface area contributed by atoms with E-state index < -0.39 is 12.6 Å². The van der Waals surface area contributed by atoms with Gasteiger partial charge in [-0.3, -0.25) is 4.79 Å². The Morgan fingerprint density at radius 3 is 2.38 bits per heavy atom. The number of carbonyl (C=O) groups is 2. The van der Waals surface area contributed by atoms with Crippen LogP contribution in [0.3, 0.4) is 0 Å². The van der Waals surface area contributed by atoms with Crippen LogP contribution in [0.15, 0.2) is 48.5 Å². The largest absolute Gasteiger partial charge is 0.482 e. The summed E-state index contributed by atoms with van der Waals surface area (Å²) in [6, 6.07) is 15.1. The van der Waals surface area contributed by atoms with Crippen LogP contribution in [0, 0.1) is 18.8 Å². The molecule has 1 amide bonds. The summed E-state index contributed by atoms with van der Waals surface area (Å²) in [4.78, 5) is 23.4. The van der Waals surface area contributed by atoms with Gasteiger partial charge >= 0.3 is 5.97 Å². The van der Waals surface area contributed by atoms with Gasteiger partial charge in [0.25, 0.3) is 0 Å².